The molecule has 0 aromatic heterocycles. The number of anilines is 2. The second kappa shape index (κ2) is 10.1. The number of rotatable bonds is 1. The molecule has 0 spiro atoms. The fraction of sp³-hybridized carbons (Fsp3) is 0.263. The van der Waals surface area contributed by atoms with Crippen LogP contribution < -0.4 is 21.7 Å². The van der Waals surface area contributed by atoms with Crippen LogP contribution in [0, 0.1) is 0 Å². The van der Waals surface area contributed by atoms with E-state index in [-0.39, 0.29) is 17.9 Å². The molecule has 2 aromatic rings. The molecular formula is C19H20Cl2N4O2S2. The van der Waals surface area contributed by atoms with Crippen molar-refractivity contribution >= 4 is 69.9 Å². The van der Waals surface area contributed by atoms with Gasteiger partial charge < -0.3 is 21.7 Å². The van der Waals surface area contributed by atoms with Crippen LogP contribution in [0.1, 0.15) is 0 Å². The lowest BCUT2D eigenvalue weighted by molar-refractivity contribution is -0.118. The van der Waals surface area contributed by atoms with Crippen molar-refractivity contribution in [3.8, 4) is 0 Å². The first-order chi connectivity index (χ1) is 13.9. The summed E-state index contributed by atoms with van der Waals surface area (Å²) in [5.74, 6) is 1.17. The van der Waals surface area contributed by atoms with Gasteiger partial charge in [0.1, 0.15) is 0 Å². The lowest BCUT2D eigenvalue weighted by Gasteiger charge is -2.10. The quantitative estimate of drug-likeness (QED) is 0.507. The van der Waals surface area contributed by atoms with Crippen LogP contribution in [0.4, 0.5) is 11.4 Å². The van der Waals surface area contributed by atoms with E-state index in [1.807, 2.05) is 18.2 Å². The summed E-state index contributed by atoms with van der Waals surface area (Å²) < 4.78 is 0. The first-order valence-corrected chi connectivity index (χ1v) is 11.5. The van der Waals surface area contributed by atoms with Crippen LogP contribution in [0.15, 0.2) is 46.2 Å². The van der Waals surface area contributed by atoms with E-state index in [0.29, 0.717) is 15.8 Å². The molecule has 5 N–H and O–H groups in total. The summed E-state index contributed by atoms with van der Waals surface area (Å²) in [6.07, 6.45) is 0. The SMILES string of the molecule is CN[C@H]1CSc2cc(Cl)ccc2NC1=O.N[C@H]1CSc2cc(Cl)ccc2NC1=O. The van der Waals surface area contributed by atoms with Gasteiger partial charge >= 0.3 is 0 Å². The first-order valence-electron chi connectivity index (χ1n) is 8.76. The van der Waals surface area contributed by atoms with Gasteiger partial charge in [0.25, 0.3) is 0 Å². The Balaban J connectivity index is 0.000000166. The minimum atomic E-state index is -0.453. The summed E-state index contributed by atoms with van der Waals surface area (Å²) in [5, 5.41) is 9.96. The lowest BCUT2D eigenvalue weighted by atomic mass is 10.3. The fourth-order valence-corrected chi connectivity index (χ4v) is 5.22. The highest BCUT2D eigenvalue weighted by Gasteiger charge is 2.22. The van der Waals surface area contributed by atoms with E-state index in [9.17, 15) is 9.59 Å². The predicted molar refractivity (Wildman–Crippen MR) is 122 cm³/mol. The average Bonchev–Trinajstić information content (AvgIpc) is 2.94. The highest BCUT2D eigenvalue weighted by atomic mass is 35.5. The van der Waals surface area contributed by atoms with Gasteiger partial charge in [0.15, 0.2) is 0 Å². The van der Waals surface area contributed by atoms with Gasteiger partial charge in [-0.15, -0.1) is 23.5 Å². The van der Waals surface area contributed by atoms with Crippen molar-refractivity contribution in [2.75, 3.05) is 29.2 Å². The maximum absolute atomic E-state index is 11.7. The van der Waals surface area contributed by atoms with Crippen molar-refractivity contribution in [1.82, 2.24) is 5.32 Å². The minimum absolute atomic E-state index is 0.00562. The average molecular weight is 471 g/mol. The number of halogens is 2. The van der Waals surface area contributed by atoms with Crippen molar-refractivity contribution < 1.29 is 9.59 Å². The number of nitrogens with one attached hydrogen (secondary N) is 3. The van der Waals surface area contributed by atoms with Crippen LogP contribution in [-0.4, -0.2) is 42.5 Å². The summed E-state index contributed by atoms with van der Waals surface area (Å²) in [5.41, 5.74) is 7.26. The Morgan fingerprint density at radius 2 is 1.45 bits per heavy atom. The van der Waals surface area contributed by atoms with Crippen molar-refractivity contribution in [3.05, 3.63) is 46.4 Å². The number of benzene rings is 2. The van der Waals surface area contributed by atoms with Crippen LogP contribution in [0.3, 0.4) is 0 Å². The molecule has 2 aromatic carbocycles. The van der Waals surface area contributed by atoms with Crippen molar-refractivity contribution in [3.63, 3.8) is 0 Å². The number of nitrogens with two attached hydrogens (primary N) is 1. The van der Waals surface area contributed by atoms with Gasteiger partial charge in [-0.25, -0.2) is 0 Å². The molecule has 29 heavy (non-hydrogen) atoms. The highest BCUT2D eigenvalue weighted by Crippen LogP contribution is 2.33. The van der Waals surface area contributed by atoms with Crippen LogP contribution >= 0.6 is 46.7 Å². The second-order valence-corrected chi connectivity index (χ2v) is 9.33. The number of hydrogen-bond donors (Lipinski definition) is 4. The predicted octanol–water partition coefficient (Wildman–Crippen LogP) is 3.68. The fourth-order valence-electron chi connectivity index (χ4n) is 2.60. The number of carbonyl (C=O) groups is 2. The van der Waals surface area contributed by atoms with Crippen molar-refractivity contribution in [1.29, 1.82) is 0 Å². The number of hydrogen-bond acceptors (Lipinski definition) is 6. The van der Waals surface area contributed by atoms with Gasteiger partial charge in [-0.05, 0) is 43.4 Å². The maximum Gasteiger partial charge on any atom is 0.242 e. The molecule has 6 nitrogen and oxygen atoms in total. The monoisotopic (exact) mass is 470 g/mol. The zero-order valence-corrected chi connectivity index (χ0v) is 18.6. The second-order valence-electron chi connectivity index (χ2n) is 6.33. The number of amides is 2. The summed E-state index contributed by atoms with van der Waals surface area (Å²) in [6, 6.07) is 10.3. The molecule has 4 rings (SSSR count). The van der Waals surface area contributed by atoms with E-state index in [1.165, 1.54) is 0 Å². The van der Waals surface area contributed by atoms with Crippen LogP contribution in [-0.2, 0) is 9.59 Å². The van der Waals surface area contributed by atoms with Crippen LogP contribution in [0.25, 0.3) is 0 Å². The number of likely N-dealkylation sites (N-methyl/N-ethyl adjacent to an activating group) is 1. The molecule has 10 heteroatoms. The topological polar surface area (TPSA) is 96.2 Å². The van der Waals surface area contributed by atoms with E-state index in [2.05, 4.69) is 16.0 Å². The van der Waals surface area contributed by atoms with Gasteiger partial charge in [0.05, 0.1) is 23.5 Å². The van der Waals surface area contributed by atoms with E-state index < -0.39 is 6.04 Å². The Labute approximate surface area is 187 Å². The van der Waals surface area contributed by atoms with Crippen LogP contribution in [0.5, 0.6) is 0 Å². The largest absolute Gasteiger partial charge is 0.324 e. The molecule has 0 bridgehead atoms. The van der Waals surface area contributed by atoms with E-state index >= 15 is 0 Å². The Bertz CT molecular complexity index is 929. The van der Waals surface area contributed by atoms with E-state index in [1.54, 1.807) is 48.8 Å². The van der Waals surface area contributed by atoms with Crippen molar-refractivity contribution in [2.45, 2.75) is 21.9 Å². The molecular weight excluding hydrogens is 451 g/mol. The summed E-state index contributed by atoms with van der Waals surface area (Å²) >= 11 is 14.9. The Morgan fingerprint density at radius 3 is 2.00 bits per heavy atom. The standard InChI is InChI=1S/C10H11ClN2OS.C9H9ClN2OS/c1-12-8-5-15-9-4-6(11)2-3-7(9)13-10(8)14;10-5-1-2-7-8(3-5)14-4-6(11)9(13)12-7/h2-4,8,12H,5H2,1H3,(H,13,14);1-3,6H,4,11H2,(H,12,13)/t8-;6-/m00/s1. The molecule has 0 fully saturated rings. The zero-order valence-electron chi connectivity index (χ0n) is 15.5. The Morgan fingerprint density at radius 1 is 0.931 bits per heavy atom. The molecule has 0 radical (unpaired) electrons. The Hall–Kier alpha value is -1.42. The third-order valence-electron chi connectivity index (χ3n) is 4.23. The van der Waals surface area contributed by atoms with Crippen molar-refractivity contribution in [2.24, 2.45) is 5.73 Å². The third kappa shape index (κ3) is 5.81. The molecule has 2 amide bonds. The van der Waals surface area contributed by atoms with Crippen LogP contribution in [0.2, 0.25) is 10.0 Å². The van der Waals surface area contributed by atoms with Gasteiger partial charge in [0, 0.05) is 31.3 Å². The maximum atomic E-state index is 11.7. The summed E-state index contributed by atoms with van der Waals surface area (Å²) in [7, 11) is 1.79. The highest BCUT2D eigenvalue weighted by molar-refractivity contribution is 7.99. The van der Waals surface area contributed by atoms with E-state index in [4.69, 9.17) is 28.9 Å². The lowest BCUT2D eigenvalue weighted by Crippen LogP contribution is -2.39. The molecule has 2 aliphatic heterocycles. The third-order valence-corrected chi connectivity index (χ3v) is 7.02. The smallest absolute Gasteiger partial charge is 0.242 e. The molecule has 154 valence electrons. The van der Waals surface area contributed by atoms with Gasteiger partial charge in [-0.2, -0.15) is 0 Å². The summed E-state index contributed by atoms with van der Waals surface area (Å²) in [4.78, 5) is 25.0. The molecule has 0 saturated heterocycles. The Kier molecular flexibility index (Phi) is 7.72. The van der Waals surface area contributed by atoms with E-state index in [0.717, 1.165) is 26.9 Å². The minimum Gasteiger partial charge on any atom is -0.324 e. The van der Waals surface area contributed by atoms with Gasteiger partial charge in [0.2, 0.25) is 11.8 Å². The summed E-state index contributed by atoms with van der Waals surface area (Å²) in [6.45, 7) is 0. The van der Waals surface area contributed by atoms with Gasteiger partial charge in [-0.1, -0.05) is 23.2 Å². The molecule has 2 aliphatic rings. The molecule has 0 saturated carbocycles. The zero-order chi connectivity index (χ0) is 21.0. The van der Waals surface area contributed by atoms with Gasteiger partial charge in [-0.3, -0.25) is 9.59 Å². The number of fused-ring (bicyclic) bond motifs is 2. The molecule has 2 atom stereocenters. The number of carbonyl (C=O) groups excluding carboxylic acids is 2. The molecule has 0 aliphatic carbocycles. The normalized spacial score (nSPS) is 20.7. The first kappa shape index (κ1) is 22.3. The molecule has 0 unspecified atom stereocenters. The number of thioether (sulfide) groups is 2. The molecule has 2 heterocycles.